The summed E-state index contributed by atoms with van der Waals surface area (Å²) in [7, 11) is 0. The van der Waals surface area contributed by atoms with Crippen LogP contribution in [0.3, 0.4) is 0 Å². The second-order valence-electron chi connectivity index (χ2n) is 5.32. The first kappa shape index (κ1) is 18.0. The van der Waals surface area contributed by atoms with E-state index in [1.807, 2.05) is 0 Å². The zero-order valence-electron chi connectivity index (χ0n) is 13.6. The van der Waals surface area contributed by atoms with Crippen molar-refractivity contribution in [1.82, 2.24) is 15.4 Å². The molecule has 1 heterocycles. The predicted octanol–water partition coefficient (Wildman–Crippen LogP) is 2.98. The van der Waals surface area contributed by atoms with E-state index in [-0.39, 0.29) is 28.6 Å². The number of hydrogen-bond donors (Lipinski definition) is 4. The molecule has 3 rings (SSSR count). The lowest BCUT2D eigenvalue weighted by Crippen LogP contribution is -2.30. The highest BCUT2D eigenvalue weighted by Crippen LogP contribution is 2.26. The van der Waals surface area contributed by atoms with Crippen molar-refractivity contribution >= 4 is 28.9 Å². The predicted molar refractivity (Wildman–Crippen MR) is 93.6 cm³/mol. The fraction of sp³-hybridized carbons (Fsp3) is 0. The largest absolute Gasteiger partial charge is 0.393 e. The molecule has 3 aromatic rings. The van der Waals surface area contributed by atoms with Crippen LogP contribution in [0, 0.1) is 17.5 Å². The van der Waals surface area contributed by atoms with E-state index in [2.05, 4.69) is 26.1 Å². The molecule has 10 heteroatoms. The van der Waals surface area contributed by atoms with Crippen molar-refractivity contribution in [1.29, 1.82) is 0 Å². The number of anilines is 4. The molecule has 0 aliphatic rings. The fourth-order valence-electron chi connectivity index (χ4n) is 2.09. The van der Waals surface area contributed by atoms with E-state index in [9.17, 15) is 18.0 Å². The van der Waals surface area contributed by atoms with Gasteiger partial charge in [-0.25, -0.2) is 23.1 Å². The number of nitrogens with zero attached hydrogens (tertiary/aromatic N) is 2. The van der Waals surface area contributed by atoms with E-state index in [1.54, 1.807) is 0 Å². The Bertz CT molecular complexity index is 981. The molecular weight excluding hydrogens is 361 g/mol. The Balaban J connectivity index is 1.71. The summed E-state index contributed by atoms with van der Waals surface area (Å²) < 4.78 is 39.2. The van der Waals surface area contributed by atoms with Crippen molar-refractivity contribution in [3.63, 3.8) is 0 Å². The number of amides is 1. The maximum Gasteiger partial charge on any atom is 0.269 e. The van der Waals surface area contributed by atoms with Gasteiger partial charge in [-0.2, -0.15) is 0 Å². The molecule has 0 radical (unpaired) electrons. The summed E-state index contributed by atoms with van der Waals surface area (Å²) in [5.41, 5.74) is 11.3. The number of benzene rings is 2. The van der Waals surface area contributed by atoms with E-state index >= 15 is 0 Å². The molecule has 0 fully saturated rings. The van der Waals surface area contributed by atoms with Crippen LogP contribution in [0.1, 0.15) is 10.4 Å². The number of rotatable bonds is 5. The van der Waals surface area contributed by atoms with Gasteiger partial charge in [0.15, 0.2) is 23.3 Å². The van der Waals surface area contributed by atoms with Gasteiger partial charge in [-0.3, -0.25) is 15.6 Å². The maximum absolute atomic E-state index is 13.3. The molecule has 0 aliphatic carbocycles. The third kappa shape index (κ3) is 4.24. The molecule has 0 unspecified atom stereocenters. The van der Waals surface area contributed by atoms with E-state index in [0.29, 0.717) is 0 Å². The zero-order chi connectivity index (χ0) is 19.4. The van der Waals surface area contributed by atoms with Crippen LogP contribution in [-0.2, 0) is 0 Å². The van der Waals surface area contributed by atoms with Gasteiger partial charge in [0.25, 0.3) is 5.91 Å². The zero-order valence-corrected chi connectivity index (χ0v) is 13.6. The number of hydrazine groups is 1. The first-order valence-electron chi connectivity index (χ1n) is 7.58. The Kier molecular flexibility index (Phi) is 5.06. The Morgan fingerprint density at radius 2 is 1.63 bits per heavy atom. The van der Waals surface area contributed by atoms with Gasteiger partial charge in [0.05, 0.1) is 0 Å². The van der Waals surface area contributed by atoms with Crippen LogP contribution in [0.2, 0.25) is 0 Å². The summed E-state index contributed by atoms with van der Waals surface area (Å²) in [5.74, 6) is -2.82. The third-order valence-corrected chi connectivity index (χ3v) is 3.47. The van der Waals surface area contributed by atoms with E-state index < -0.39 is 23.4 Å². The molecule has 27 heavy (non-hydrogen) atoms. The molecule has 5 N–H and O–H groups in total. The van der Waals surface area contributed by atoms with Gasteiger partial charge in [0.1, 0.15) is 17.8 Å². The summed E-state index contributed by atoms with van der Waals surface area (Å²) in [6.07, 6.45) is 1.16. The number of nitrogens with two attached hydrogens (primary N) is 1. The summed E-state index contributed by atoms with van der Waals surface area (Å²) in [6, 6.07) is 8.13. The SMILES string of the molecule is Nc1c(NNC(=O)c2ccc(F)cc2)ncnc1Nc1ccc(F)c(F)c1. The molecular formula is C17H13F3N6O. The molecule has 138 valence electrons. The average molecular weight is 374 g/mol. The number of carbonyl (C=O) groups excluding carboxylic acids is 1. The van der Waals surface area contributed by atoms with Gasteiger partial charge in [0.2, 0.25) is 0 Å². The Labute approximate surface area is 151 Å². The Morgan fingerprint density at radius 1 is 0.926 bits per heavy atom. The number of aromatic nitrogens is 2. The molecule has 2 aromatic carbocycles. The average Bonchev–Trinajstić information content (AvgIpc) is 2.66. The van der Waals surface area contributed by atoms with E-state index in [0.717, 1.165) is 30.6 Å². The van der Waals surface area contributed by atoms with Crippen molar-refractivity contribution in [3.8, 4) is 0 Å². The highest BCUT2D eigenvalue weighted by Gasteiger charge is 2.11. The fourth-order valence-corrected chi connectivity index (χ4v) is 2.09. The van der Waals surface area contributed by atoms with E-state index in [1.165, 1.54) is 18.2 Å². The topological polar surface area (TPSA) is 105 Å². The lowest BCUT2D eigenvalue weighted by Gasteiger charge is -2.13. The van der Waals surface area contributed by atoms with Crippen molar-refractivity contribution in [2.24, 2.45) is 0 Å². The maximum atomic E-state index is 13.3. The summed E-state index contributed by atoms with van der Waals surface area (Å²) in [4.78, 5) is 19.8. The Morgan fingerprint density at radius 3 is 2.33 bits per heavy atom. The second kappa shape index (κ2) is 7.60. The molecule has 0 spiro atoms. The number of hydrogen-bond acceptors (Lipinski definition) is 6. The van der Waals surface area contributed by atoms with Gasteiger partial charge in [0, 0.05) is 17.3 Å². The minimum atomic E-state index is -1.03. The smallest absolute Gasteiger partial charge is 0.269 e. The molecule has 0 saturated carbocycles. The van der Waals surface area contributed by atoms with Crippen LogP contribution in [0.5, 0.6) is 0 Å². The molecule has 1 amide bonds. The van der Waals surface area contributed by atoms with Crippen LogP contribution in [0.4, 0.5) is 36.2 Å². The number of carbonyl (C=O) groups is 1. The Hall–Kier alpha value is -3.82. The van der Waals surface area contributed by atoms with Gasteiger partial charge >= 0.3 is 0 Å². The summed E-state index contributed by atoms with van der Waals surface area (Å²) >= 11 is 0. The molecule has 1 aromatic heterocycles. The standard InChI is InChI=1S/C17H13F3N6O/c18-10-3-1-9(2-4-10)17(27)26-25-16-14(21)15(22-8-23-16)24-11-5-6-12(19)13(20)7-11/h1-8H,21H2,(H,26,27)(H2,22,23,24,25). The highest BCUT2D eigenvalue weighted by atomic mass is 19.2. The number of nitrogen functional groups attached to an aromatic ring is 1. The molecule has 0 aliphatic heterocycles. The monoisotopic (exact) mass is 374 g/mol. The number of nitrogens with one attached hydrogen (secondary N) is 3. The second-order valence-corrected chi connectivity index (χ2v) is 5.32. The minimum absolute atomic E-state index is 0.0293. The highest BCUT2D eigenvalue weighted by molar-refractivity contribution is 5.95. The molecule has 0 bridgehead atoms. The van der Waals surface area contributed by atoms with Gasteiger partial charge in [-0.15, -0.1) is 0 Å². The van der Waals surface area contributed by atoms with Gasteiger partial charge in [-0.1, -0.05) is 0 Å². The minimum Gasteiger partial charge on any atom is -0.393 e. The lowest BCUT2D eigenvalue weighted by atomic mass is 10.2. The van der Waals surface area contributed by atoms with Crippen LogP contribution in [-0.4, -0.2) is 15.9 Å². The van der Waals surface area contributed by atoms with Gasteiger partial charge in [-0.05, 0) is 36.4 Å². The molecule has 0 atom stereocenters. The van der Waals surface area contributed by atoms with Crippen LogP contribution >= 0.6 is 0 Å². The first-order valence-corrected chi connectivity index (χ1v) is 7.58. The van der Waals surface area contributed by atoms with Crippen molar-refractivity contribution in [2.45, 2.75) is 0 Å². The van der Waals surface area contributed by atoms with Crippen LogP contribution in [0.25, 0.3) is 0 Å². The summed E-state index contributed by atoms with van der Waals surface area (Å²) in [5, 5.41) is 2.73. The molecule has 7 nitrogen and oxygen atoms in total. The van der Waals surface area contributed by atoms with Crippen LogP contribution in [0.15, 0.2) is 48.8 Å². The third-order valence-electron chi connectivity index (χ3n) is 3.47. The normalized spacial score (nSPS) is 10.3. The first-order chi connectivity index (χ1) is 12.9. The summed E-state index contributed by atoms with van der Waals surface area (Å²) in [6.45, 7) is 0. The quantitative estimate of drug-likeness (QED) is 0.512. The number of halogens is 3. The lowest BCUT2D eigenvalue weighted by molar-refractivity contribution is 0.0962. The van der Waals surface area contributed by atoms with Crippen molar-refractivity contribution in [3.05, 3.63) is 71.8 Å². The van der Waals surface area contributed by atoms with E-state index in [4.69, 9.17) is 5.73 Å². The van der Waals surface area contributed by atoms with Crippen LogP contribution < -0.4 is 21.9 Å². The van der Waals surface area contributed by atoms with Gasteiger partial charge < -0.3 is 11.1 Å². The van der Waals surface area contributed by atoms with Crippen molar-refractivity contribution in [2.75, 3.05) is 16.5 Å². The van der Waals surface area contributed by atoms with Crippen molar-refractivity contribution < 1.29 is 18.0 Å². The molecule has 0 saturated heterocycles.